The van der Waals surface area contributed by atoms with Crippen molar-refractivity contribution >= 4 is 28.5 Å². The highest BCUT2D eigenvalue weighted by Crippen LogP contribution is 2.34. The highest BCUT2D eigenvalue weighted by Gasteiger charge is 2.16. The van der Waals surface area contributed by atoms with Crippen molar-refractivity contribution in [3.05, 3.63) is 88.2 Å². The van der Waals surface area contributed by atoms with Crippen molar-refractivity contribution in [1.29, 1.82) is 0 Å². The van der Waals surface area contributed by atoms with E-state index < -0.39 is 17.3 Å². The number of amides is 1. The normalized spacial score (nSPS) is 10.7. The molecule has 0 saturated heterocycles. The summed E-state index contributed by atoms with van der Waals surface area (Å²) in [5.41, 5.74) is 0.790. The fourth-order valence-corrected chi connectivity index (χ4v) is 3.37. The lowest BCUT2D eigenvalue weighted by Crippen LogP contribution is -2.15. The molecule has 32 heavy (non-hydrogen) atoms. The second-order valence-corrected chi connectivity index (χ2v) is 7.00. The molecule has 1 heterocycles. The number of carboxylic acids is 1. The molecule has 4 rings (SSSR count). The zero-order chi connectivity index (χ0) is 22.8. The molecule has 0 spiro atoms. The molecule has 0 radical (unpaired) electrons. The molecular weight excluding hydrogens is 412 g/mol. The number of aromatic amines is 1. The van der Waals surface area contributed by atoms with Crippen LogP contribution in [-0.4, -0.2) is 34.2 Å². The molecule has 4 N–H and O–H groups in total. The van der Waals surface area contributed by atoms with Gasteiger partial charge < -0.3 is 25.3 Å². The van der Waals surface area contributed by atoms with Gasteiger partial charge in [0, 0.05) is 22.6 Å². The summed E-state index contributed by atoms with van der Waals surface area (Å²) in [6.45, 7) is 0. The summed E-state index contributed by atoms with van der Waals surface area (Å²) in [7, 11) is 1.52. The van der Waals surface area contributed by atoms with Crippen LogP contribution < -0.4 is 15.5 Å². The number of carbonyl (C=O) groups excluding carboxylic acids is 1. The Morgan fingerprint density at radius 1 is 1.00 bits per heavy atom. The third-order valence-electron chi connectivity index (χ3n) is 4.98. The van der Waals surface area contributed by atoms with E-state index in [1.165, 1.54) is 19.2 Å². The molecule has 160 valence electrons. The van der Waals surface area contributed by atoms with Crippen LogP contribution in [0.15, 0.2) is 71.5 Å². The number of nitrogens with one attached hydrogen (secondary N) is 2. The van der Waals surface area contributed by atoms with E-state index in [9.17, 15) is 24.6 Å². The Labute approximate surface area is 181 Å². The molecule has 0 aliphatic carbocycles. The number of H-pyrrole nitrogens is 1. The molecule has 0 aliphatic rings. The Balaban J connectivity index is 1.89. The fraction of sp³-hybridized carbons (Fsp3) is 0.0417. The highest BCUT2D eigenvalue weighted by atomic mass is 16.5. The predicted octanol–water partition coefficient (Wildman–Crippen LogP) is 3.86. The van der Waals surface area contributed by atoms with Gasteiger partial charge in [0.2, 0.25) is 0 Å². The third kappa shape index (κ3) is 3.89. The van der Waals surface area contributed by atoms with Crippen LogP contribution in [0.2, 0.25) is 0 Å². The predicted molar refractivity (Wildman–Crippen MR) is 120 cm³/mol. The van der Waals surface area contributed by atoms with E-state index in [4.69, 9.17) is 4.74 Å². The van der Waals surface area contributed by atoms with Gasteiger partial charge in [-0.3, -0.25) is 9.59 Å². The van der Waals surface area contributed by atoms with E-state index in [0.29, 0.717) is 22.4 Å². The molecule has 8 nitrogen and oxygen atoms in total. The van der Waals surface area contributed by atoms with Gasteiger partial charge in [-0.15, -0.1) is 0 Å². The van der Waals surface area contributed by atoms with Gasteiger partial charge in [0.15, 0.2) is 5.43 Å². The molecule has 1 amide bonds. The standard InChI is InChI=1S/C24H18N2O6/c1-32-15-8-6-13(7-9-15)23(29)26-18-11-14(16-4-2-3-5-20(16)27)10-17-21(28)12-19(24(30)31)25-22(17)18/h2-12,27H,1H3,(H,25,28)(H,26,29)(H,30,31). The summed E-state index contributed by atoms with van der Waals surface area (Å²) in [6, 6.07) is 17.1. The number of pyridine rings is 1. The van der Waals surface area contributed by atoms with Gasteiger partial charge in [0.05, 0.1) is 18.3 Å². The van der Waals surface area contributed by atoms with Gasteiger partial charge in [-0.2, -0.15) is 0 Å². The molecular formula is C24H18N2O6. The first-order valence-corrected chi connectivity index (χ1v) is 9.55. The number of aromatic carboxylic acids is 1. The Kier molecular flexibility index (Phi) is 5.34. The van der Waals surface area contributed by atoms with Crippen molar-refractivity contribution in [2.75, 3.05) is 12.4 Å². The first-order valence-electron chi connectivity index (χ1n) is 9.55. The maximum absolute atomic E-state index is 12.9. The second kappa shape index (κ2) is 8.27. The van der Waals surface area contributed by atoms with Crippen molar-refractivity contribution in [1.82, 2.24) is 4.98 Å². The average Bonchev–Trinajstić information content (AvgIpc) is 2.79. The number of fused-ring (bicyclic) bond motifs is 1. The number of carboxylic acid groups (broad SMARTS) is 1. The van der Waals surface area contributed by atoms with Crippen LogP contribution >= 0.6 is 0 Å². The first-order chi connectivity index (χ1) is 15.4. The molecule has 0 atom stereocenters. The number of carbonyl (C=O) groups is 2. The van der Waals surface area contributed by atoms with E-state index in [2.05, 4.69) is 10.3 Å². The monoisotopic (exact) mass is 430 g/mol. The molecule has 3 aromatic carbocycles. The van der Waals surface area contributed by atoms with Crippen molar-refractivity contribution in [2.45, 2.75) is 0 Å². The molecule has 4 aromatic rings. The van der Waals surface area contributed by atoms with E-state index >= 15 is 0 Å². The van der Waals surface area contributed by atoms with Crippen molar-refractivity contribution < 1.29 is 24.5 Å². The Bertz CT molecular complexity index is 1410. The van der Waals surface area contributed by atoms with E-state index in [0.717, 1.165) is 6.07 Å². The quantitative estimate of drug-likeness (QED) is 0.381. The lowest BCUT2D eigenvalue weighted by atomic mass is 10.0. The number of para-hydroxylation sites is 1. The zero-order valence-electron chi connectivity index (χ0n) is 16.9. The maximum atomic E-state index is 12.9. The number of hydrogen-bond acceptors (Lipinski definition) is 5. The minimum Gasteiger partial charge on any atom is -0.507 e. The Morgan fingerprint density at radius 2 is 1.72 bits per heavy atom. The van der Waals surface area contributed by atoms with E-state index in [-0.39, 0.29) is 28.0 Å². The number of aromatic hydroxyl groups is 1. The third-order valence-corrected chi connectivity index (χ3v) is 4.98. The number of methoxy groups -OCH3 is 1. The Morgan fingerprint density at radius 3 is 2.38 bits per heavy atom. The second-order valence-electron chi connectivity index (χ2n) is 7.00. The number of benzene rings is 3. The molecule has 0 fully saturated rings. The van der Waals surface area contributed by atoms with Gasteiger partial charge in [0.1, 0.15) is 17.2 Å². The van der Waals surface area contributed by atoms with E-state index in [1.807, 2.05) is 0 Å². The highest BCUT2D eigenvalue weighted by molar-refractivity contribution is 6.09. The van der Waals surface area contributed by atoms with E-state index in [1.54, 1.807) is 48.5 Å². The molecule has 1 aromatic heterocycles. The first kappa shape index (κ1) is 20.7. The Hall–Kier alpha value is -4.59. The minimum atomic E-state index is -1.30. The fourth-order valence-electron chi connectivity index (χ4n) is 3.37. The molecule has 0 unspecified atom stereocenters. The number of phenols is 1. The summed E-state index contributed by atoms with van der Waals surface area (Å²) in [6.07, 6.45) is 0. The van der Waals surface area contributed by atoms with Crippen molar-refractivity contribution in [2.24, 2.45) is 0 Å². The molecule has 0 bridgehead atoms. The number of aromatic nitrogens is 1. The van der Waals surface area contributed by atoms with Crippen LogP contribution in [0.5, 0.6) is 11.5 Å². The van der Waals surface area contributed by atoms with Crippen molar-refractivity contribution in [3.63, 3.8) is 0 Å². The zero-order valence-corrected chi connectivity index (χ0v) is 16.9. The van der Waals surface area contributed by atoms with Gasteiger partial charge in [-0.05, 0) is 48.0 Å². The van der Waals surface area contributed by atoms with Crippen LogP contribution in [0, 0.1) is 0 Å². The summed E-state index contributed by atoms with van der Waals surface area (Å²) in [5.74, 6) is -1.19. The minimum absolute atomic E-state index is 0.00198. The number of phenolic OH excluding ortho intramolecular Hbond substituents is 1. The lowest BCUT2D eigenvalue weighted by Gasteiger charge is -2.13. The molecule has 0 saturated carbocycles. The summed E-state index contributed by atoms with van der Waals surface area (Å²) < 4.78 is 5.10. The largest absolute Gasteiger partial charge is 0.507 e. The SMILES string of the molecule is COc1ccc(C(=O)Nc2cc(-c3ccccc3O)cc3c(=O)cc(C(=O)O)[nH]c23)cc1. The van der Waals surface area contributed by atoms with Crippen LogP contribution in [0.3, 0.4) is 0 Å². The number of anilines is 1. The van der Waals surface area contributed by atoms with Crippen molar-refractivity contribution in [3.8, 4) is 22.6 Å². The average molecular weight is 430 g/mol. The number of ether oxygens (including phenoxy) is 1. The van der Waals surface area contributed by atoms with Crippen LogP contribution in [-0.2, 0) is 0 Å². The molecule has 0 aliphatic heterocycles. The van der Waals surface area contributed by atoms with Crippen LogP contribution in [0.25, 0.3) is 22.0 Å². The van der Waals surface area contributed by atoms with Crippen LogP contribution in [0.1, 0.15) is 20.8 Å². The number of hydrogen-bond donors (Lipinski definition) is 4. The van der Waals surface area contributed by atoms with Gasteiger partial charge in [-0.1, -0.05) is 18.2 Å². The topological polar surface area (TPSA) is 129 Å². The van der Waals surface area contributed by atoms with Gasteiger partial charge in [-0.25, -0.2) is 4.79 Å². The lowest BCUT2D eigenvalue weighted by molar-refractivity contribution is 0.0690. The van der Waals surface area contributed by atoms with Gasteiger partial charge in [0.25, 0.3) is 5.91 Å². The summed E-state index contributed by atoms with van der Waals surface area (Å²) >= 11 is 0. The smallest absolute Gasteiger partial charge is 0.352 e. The van der Waals surface area contributed by atoms with Gasteiger partial charge >= 0.3 is 5.97 Å². The molecule has 8 heteroatoms. The summed E-state index contributed by atoms with van der Waals surface area (Å²) in [4.78, 5) is 39.7. The van der Waals surface area contributed by atoms with Crippen LogP contribution in [0.4, 0.5) is 5.69 Å². The maximum Gasteiger partial charge on any atom is 0.352 e. The number of rotatable bonds is 5. The summed E-state index contributed by atoms with van der Waals surface area (Å²) in [5, 5.41) is 22.5.